The van der Waals surface area contributed by atoms with E-state index in [1.54, 1.807) is 0 Å². The summed E-state index contributed by atoms with van der Waals surface area (Å²) in [5.74, 6) is 0.0392. The van der Waals surface area contributed by atoms with Gasteiger partial charge < -0.3 is 14.8 Å². The highest BCUT2D eigenvalue weighted by atomic mass is 16.5. The lowest BCUT2D eigenvalue weighted by Crippen LogP contribution is -2.39. The largest absolute Gasteiger partial charge is 0.411 e. The minimum Gasteiger partial charge on any atom is -0.411 e. The Kier molecular flexibility index (Phi) is 3.92. The number of carbonyl (C=O) groups excluding carboxylic acids is 1. The first-order chi connectivity index (χ1) is 10.2. The number of para-hydroxylation sites is 1. The van der Waals surface area contributed by atoms with Gasteiger partial charge in [0.2, 0.25) is 5.91 Å². The molecular weight excluding hydrogens is 268 g/mol. The van der Waals surface area contributed by atoms with Gasteiger partial charge in [-0.1, -0.05) is 23.4 Å². The summed E-state index contributed by atoms with van der Waals surface area (Å²) in [5, 5.41) is 12.6. The molecule has 1 aromatic rings. The standard InChI is InChI=1S/C16H20N2O3/c1-11-12(8-10-21-11)16(19)18-9-4-6-14(17-20)13-5-2-3-7-15(13)18/h2-3,5,7,11-12,20H,4,6,8-10H2,1H3/b17-14-. The van der Waals surface area contributed by atoms with Crippen molar-refractivity contribution in [3.63, 3.8) is 0 Å². The van der Waals surface area contributed by atoms with Crippen molar-refractivity contribution in [2.75, 3.05) is 18.1 Å². The van der Waals surface area contributed by atoms with Crippen molar-refractivity contribution in [1.29, 1.82) is 0 Å². The molecule has 5 heteroatoms. The third kappa shape index (κ3) is 2.53. The Balaban J connectivity index is 1.97. The number of hydrogen-bond acceptors (Lipinski definition) is 4. The Morgan fingerprint density at radius 1 is 1.43 bits per heavy atom. The molecule has 5 nitrogen and oxygen atoms in total. The molecule has 0 aromatic heterocycles. The maximum absolute atomic E-state index is 12.9. The van der Waals surface area contributed by atoms with Gasteiger partial charge in [-0.3, -0.25) is 4.79 Å². The van der Waals surface area contributed by atoms with E-state index in [2.05, 4.69) is 5.16 Å². The van der Waals surface area contributed by atoms with Gasteiger partial charge >= 0.3 is 0 Å². The van der Waals surface area contributed by atoms with E-state index in [4.69, 9.17) is 4.74 Å². The van der Waals surface area contributed by atoms with Gasteiger partial charge in [0.05, 0.1) is 23.4 Å². The molecule has 2 heterocycles. The molecule has 2 aliphatic rings. The molecule has 0 spiro atoms. The second-order valence-corrected chi connectivity index (χ2v) is 5.63. The van der Waals surface area contributed by atoms with Crippen LogP contribution in [0.25, 0.3) is 0 Å². The fourth-order valence-electron chi connectivity index (χ4n) is 3.20. The number of nitrogens with zero attached hydrogens (tertiary/aromatic N) is 2. The molecule has 3 rings (SSSR count). The Morgan fingerprint density at radius 3 is 2.95 bits per heavy atom. The maximum atomic E-state index is 12.9. The SMILES string of the molecule is CC1OCCC1C(=O)N1CCC/C(=N/O)c2ccccc21. The van der Waals surface area contributed by atoms with Gasteiger partial charge in [0.1, 0.15) is 0 Å². The number of hydrogen-bond donors (Lipinski definition) is 1. The summed E-state index contributed by atoms with van der Waals surface area (Å²) in [6.45, 7) is 3.26. The Labute approximate surface area is 124 Å². The van der Waals surface area contributed by atoms with Crippen LogP contribution in [-0.4, -0.2) is 36.1 Å². The first-order valence-corrected chi connectivity index (χ1v) is 7.45. The second kappa shape index (κ2) is 5.85. The normalized spacial score (nSPS) is 27.5. The van der Waals surface area contributed by atoms with Crippen molar-refractivity contribution in [1.82, 2.24) is 0 Å². The van der Waals surface area contributed by atoms with Gasteiger partial charge in [0.25, 0.3) is 0 Å². The number of ether oxygens (including phenoxy) is 1. The Morgan fingerprint density at radius 2 is 2.24 bits per heavy atom. The van der Waals surface area contributed by atoms with E-state index in [1.807, 2.05) is 36.1 Å². The Hall–Kier alpha value is -1.88. The molecule has 0 aliphatic carbocycles. The molecule has 2 unspecified atom stereocenters. The summed E-state index contributed by atoms with van der Waals surface area (Å²) in [4.78, 5) is 14.7. The van der Waals surface area contributed by atoms with Crippen LogP contribution in [0.15, 0.2) is 29.4 Å². The summed E-state index contributed by atoms with van der Waals surface area (Å²) < 4.78 is 5.53. The number of anilines is 1. The molecule has 0 bridgehead atoms. The van der Waals surface area contributed by atoms with E-state index >= 15 is 0 Å². The number of oxime groups is 1. The maximum Gasteiger partial charge on any atom is 0.232 e. The highest BCUT2D eigenvalue weighted by Crippen LogP contribution is 2.31. The average molecular weight is 288 g/mol. The zero-order valence-corrected chi connectivity index (χ0v) is 12.2. The number of carbonyl (C=O) groups is 1. The molecule has 0 saturated carbocycles. The van der Waals surface area contributed by atoms with Gasteiger partial charge in [0.15, 0.2) is 0 Å². The van der Waals surface area contributed by atoms with E-state index < -0.39 is 0 Å². The van der Waals surface area contributed by atoms with Gasteiger partial charge in [-0.05, 0) is 32.3 Å². The van der Waals surface area contributed by atoms with Crippen LogP contribution < -0.4 is 4.90 Å². The fraction of sp³-hybridized carbons (Fsp3) is 0.500. The molecule has 2 aliphatic heterocycles. The van der Waals surface area contributed by atoms with E-state index in [0.29, 0.717) is 25.3 Å². The zero-order chi connectivity index (χ0) is 14.8. The third-order valence-corrected chi connectivity index (χ3v) is 4.38. The van der Waals surface area contributed by atoms with Gasteiger partial charge in [-0.2, -0.15) is 0 Å². The number of amides is 1. The molecule has 112 valence electrons. The Bertz CT molecular complexity index is 570. The van der Waals surface area contributed by atoms with E-state index in [9.17, 15) is 10.0 Å². The summed E-state index contributed by atoms with van der Waals surface area (Å²) in [5.41, 5.74) is 2.33. The van der Waals surface area contributed by atoms with Crippen LogP contribution in [-0.2, 0) is 9.53 Å². The van der Waals surface area contributed by atoms with Crippen LogP contribution in [0.4, 0.5) is 5.69 Å². The quantitative estimate of drug-likeness (QED) is 0.637. The van der Waals surface area contributed by atoms with Crippen molar-refractivity contribution in [3.8, 4) is 0 Å². The van der Waals surface area contributed by atoms with Gasteiger partial charge in [-0.15, -0.1) is 0 Å². The van der Waals surface area contributed by atoms with Crippen LogP contribution in [0.5, 0.6) is 0 Å². The molecule has 1 fully saturated rings. The van der Waals surface area contributed by atoms with Crippen molar-refractivity contribution >= 4 is 17.3 Å². The third-order valence-electron chi connectivity index (χ3n) is 4.38. The first kappa shape index (κ1) is 14.1. The monoisotopic (exact) mass is 288 g/mol. The van der Waals surface area contributed by atoms with Gasteiger partial charge in [0, 0.05) is 18.7 Å². The molecule has 1 saturated heterocycles. The highest BCUT2D eigenvalue weighted by molar-refractivity contribution is 6.09. The first-order valence-electron chi connectivity index (χ1n) is 7.45. The highest BCUT2D eigenvalue weighted by Gasteiger charge is 2.35. The lowest BCUT2D eigenvalue weighted by molar-refractivity contribution is -0.123. The average Bonchev–Trinajstić information content (AvgIpc) is 2.84. The zero-order valence-electron chi connectivity index (χ0n) is 12.2. The fourth-order valence-corrected chi connectivity index (χ4v) is 3.20. The predicted molar refractivity (Wildman–Crippen MR) is 79.9 cm³/mol. The summed E-state index contributed by atoms with van der Waals surface area (Å²) >= 11 is 0. The number of benzene rings is 1. The summed E-state index contributed by atoms with van der Waals surface area (Å²) in [6, 6.07) is 7.64. The van der Waals surface area contributed by atoms with Crippen LogP contribution >= 0.6 is 0 Å². The van der Waals surface area contributed by atoms with Crippen LogP contribution in [0.3, 0.4) is 0 Å². The lowest BCUT2D eigenvalue weighted by Gasteiger charge is -2.26. The molecular formula is C16H20N2O3. The molecule has 21 heavy (non-hydrogen) atoms. The molecule has 1 N–H and O–H groups in total. The van der Waals surface area contributed by atoms with Crippen LogP contribution in [0, 0.1) is 5.92 Å². The van der Waals surface area contributed by atoms with Crippen LogP contribution in [0.1, 0.15) is 31.7 Å². The van der Waals surface area contributed by atoms with E-state index in [0.717, 1.165) is 24.1 Å². The minimum atomic E-state index is -0.0781. The lowest BCUT2D eigenvalue weighted by atomic mass is 10.00. The van der Waals surface area contributed by atoms with Crippen LogP contribution in [0.2, 0.25) is 0 Å². The number of rotatable bonds is 1. The molecule has 2 atom stereocenters. The smallest absolute Gasteiger partial charge is 0.232 e. The summed E-state index contributed by atoms with van der Waals surface area (Å²) in [7, 11) is 0. The summed E-state index contributed by atoms with van der Waals surface area (Å²) in [6.07, 6.45) is 2.22. The van der Waals surface area contributed by atoms with E-state index in [1.165, 1.54) is 0 Å². The topological polar surface area (TPSA) is 62.1 Å². The number of fused-ring (bicyclic) bond motifs is 1. The van der Waals surface area contributed by atoms with Crippen molar-refractivity contribution in [2.45, 2.75) is 32.3 Å². The predicted octanol–water partition coefficient (Wildman–Crippen LogP) is 2.42. The molecule has 0 radical (unpaired) electrons. The van der Waals surface area contributed by atoms with Gasteiger partial charge in [-0.25, -0.2) is 0 Å². The second-order valence-electron chi connectivity index (χ2n) is 5.63. The minimum absolute atomic E-state index is 0.0288. The van der Waals surface area contributed by atoms with Crippen molar-refractivity contribution < 1.29 is 14.7 Å². The molecule has 1 aromatic carbocycles. The van der Waals surface area contributed by atoms with Crippen molar-refractivity contribution in [3.05, 3.63) is 29.8 Å². The van der Waals surface area contributed by atoms with E-state index in [-0.39, 0.29) is 17.9 Å². The van der Waals surface area contributed by atoms with Crippen molar-refractivity contribution in [2.24, 2.45) is 11.1 Å². The molecule has 1 amide bonds.